The van der Waals surface area contributed by atoms with Crippen LogP contribution in [0.4, 0.5) is 0 Å². The molecule has 2 rings (SSSR count). The summed E-state index contributed by atoms with van der Waals surface area (Å²) in [6.45, 7) is 5.36. The predicted molar refractivity (Wildman–Crippen MR) is 116 cm³/mol. The lowest BCUT2D eigenvalue weighted by Crippen LogP contribution is -2.22. The van der Waals surface area contributed by atoms with Gasteiger partial charge < -0.3 is 14.2 Å². The summed E-state index contributed by atoms with van der Waals surface area (Å²) in [6, 6.07) is 13.2. The Morgan fingerprint density at radius 3 is 2.10 bits per heavy atom. The normalized spacial score (nSPS) is 12.3. The number of carbonyl (C=O) groups excluding carboxylic acids is 3. The molecular weight excluding hydrogens is 452 g/mol. The summed E-state index contributed by atoms with van der Waals surface area (Å²) in [7, 11) is 1.23. The van der Waals surface area contributed by atoms with Gasteiger partial charge in [0.2, 0.25) is 6.10 Å². The Bertz CT molecular complexity index is 924. The number of hydrogen-bond acceptors (Lipinski definition) is 6. The van der Waals surface area contributed by atoms with Crippen LogP contribution in [0.25, 0.3) is 6.08 Å². The SMILES string of the molecule is COC(=O)C(OC(=O)c1ccc(/C=C/C(=O)OC(C)(C)C)cc1)c1ccc(Br)cc1. The number of esters is 3. The molecule has 2 aromatic carbocycles. The highest BCUT2D eigenvalue weighted by molar-refractivity contribution is 9.10. The number of methoxy groups -OCH3 is 1. The van der Waals surface area contributed by atoms with Crippen molar-refractivity contribution in [2.75, 3.05) is 7.11 Å². The quantitative estimate of drug-likeness (QED) is 0.337. The van der Waals surface area contributed by atoms with E-state index >= 15 is 0 Å². The summed E-state index contributed by atoms with van der Waals surface area (Å²) in [5.74, 6) is -1.81. The highest BCUT2D eigenvalue weighted by Crippen LogP contribution is 2.23. The molecule has 0 bridgehead atoms. The number of halogens is 1. The van der Waals surface area contributed by atoms with Crippen molar-refractivity contribution < 1.29 is 28.6 Å². The standard InChI is InChI=1S/C23H23BrO6/c1-23(2,3)30-19(25)14-7-15-5-8-17(9-6-15)21(26)29-20(22(27)28-4)16-10-12-18(24)13-11-16/h5-14,20H,1-4H3/b14-7+. The van der Waals surface area contributed by atoms with E-state index in [9.17, 15) is 14.4 Å². The molecule has 1 unspecified atom stereocenters. The maximum atomic E-state index is 12.5. The zero-order chi connectivity index (χ0) is 22.3. The van der Waals surface area contributed by atoms with Crippen molar-refractivity contribution >= 4 is 39.9 Å². The first-order valence-electron chi connectivity index (χ1n) is 9.14. The Morgan fingerprint density at radius 1 is 0.967 bits per heavy atom. The molecule has 0 amide bonds. The molecule has 158 valence electrons. The summed E-state index contributed by atoms with van der Waals surface area (Å²) in [4.78, 5) is 36.4. The van der Waals surface area contributed by atoms with E-state index < -0.39 is 29.6 Å². The lowest BCUT2D eigenvalue weighted by atomic mass is 10.1. The van der Waals surface area contributed by atoms with Crippen molar-refractivity contribution in [1.29, 1.82) is 0 Å². The van der Waals surface area contributed by atoms with Crippen molar-refractivity contribution in [3.63, 3.8) is 0 Å². The first-order valence-corrected chi connectivity index (χ1v) is 9.94. The minimum Gasteiger partial charge on any atom is -0.466 e. The van der Waals surface area contributed by atoms with E-state index in [0.717, 1.165) is 4.47 Å². The van der Waals surface area contributed by atoms with E-state index in [1.807, 2.05) is 0 Å². The number of hydrogen-bond donors (Lipinski definition) is 0. The van der Waals surface area contributed by atoms with Crippen LogP contribution in [0.3, 0.4) is 0 Å². The summed E-state index contributed by atoms with van der Waals surface area (Å²) < 4.78 is 16.2. The fraction of sp³-hybridized carbons (Fsp3) is 0.261. The third kappa shape index (κ3) is 7.15. The molecule has 0 fully saturated rings. The molecule has 0 aliphatic heterocycles. The molecule has 0 spiro atoms. The average Bonchev–Trinajstić information content (AvgIpc) is 2.69. The van der Waals surface area contributed by atoms with Crippen LogP contribution in [-0.2, 0) is 23.8 Å². The zero-order valence-electron chi connectivity index (χ0n) is 17.2. The van der Waals surface area contributed by atoms with Gasteiger partial charge in [-0.05, 0) is 56.7 Å². The van der Waals surface area contributed by atoms with Gasteiger partial charge in [0.05, 0.1) is 12.7 Å². The molecule has 0 saturated heterocycles. The van der Waals surface area contributed by atoms with Crippen LogP contribution < -0.4 is 0 Å². The highest BCUT2D eigenvalue weighted by Gasteiger charge is 2.26. The number of ether oxygens (including phenoxy) is 3. The van der Waals surface area contributed by atoms with E-state index in [-0.39, 0.29) is 5.56 Å². The Hall–Kier alpha value is -2.93. The molecule has 0 heterocycles. The molecule has 1 atom stereocenters. The number of rotatable bonds is 6. The minimum atomic E-state index is -1.18. The lowest BCUT2D eigenvalue weighted by molar-refractivity contribution is -0.151. The molecular formula is C23H23BrO6. The van der Waals surface area contributed by atoms with Crippen LogP contribution in [0.15, 0.2) is 59.1 Å². The third-order valence-electron chi connectivity index (χ3n) is 3.78. The van der Waals surface area contributed by atoms with Gasteiger partial charge in [0.25, 0.3) is 0 Å². The van der Waals surface area contributed by atoms with E-state index in [4.69, 9.17) is 14.2 Å². The van der Waals surface area contributed by atoms with Crippen molar-refractivity contribution in [3.05, 3.63) is 75.8 Å². The molecule has 7 heteroatoms. The van der Waals surface area contributed by atoms with Crippen LogP contribution in [0, 0.1) is 0 Å². The Labute approximate surface area is 184 Å². The van der Waals surface area contributed by atoms with Gasteiger partial charge in [0, 0.05) is 16.1 Å². The Kier molecular flexibility index (Phi) is 7.94. The lowest BCUT2D eigenvalue weighted by Gasteiger charge is -2.17. The van der Waals surface area contributed by atoms with Gasteiger partial charge in [-0.3, -0.25) is 0 Å². The zero-order valence-corrected chi connectivity index (χ0v) is 18.8. The average molecular weight is 475 g/mol. The van der Waals surface area contributed by atoms with Crippen molar-refractivity contribution in [2.24, 2.45) is 0 Å². The second-order valence-electron chi connectivity index (χ2n) is 7.35. The van der Waals surface area contributed by atoms with Gasteiger partial charge >= 0.3 is 17.9 Å². The molecule has 0 aliphatic carbocycles. The smallest absolute Gasteiger partial charge is 0.351 e. The minimum absolute atomic E-state index is 0.260. The molecule has 30 heavy (non-hydrogen) atoms. The summed E-state index contributed by atoms with van der Waals surface area (Å²) in [6.07, 6.45) is 1.73. The Balaban J connectivity index is 2.09. The van der Waals surface area contributed by atoms with Crippen LogP contribution in [0.1, 0.15) is 48.4 Å². The second kappa shape index (κ2) is 10.2. The van der Waals surface area contributed by atoms with Crippen molar-refractivity contribution in [2.45, 2.75) is 32.5 Å². The first-order chi connectivity index (χ1) is 14.1. The van der Waals surface area contributed by atoms with Gasteiger partial charge in [0.1, 0.15) is 5.60 Å². The van der Waals surface area contributed by atoms with Gasteiger partial charge in [0.15, 0.2) is 0 Å². The van der Waals surface area contributed by atoms with Gasteiger partial charge in [-0.15, -0.1) is 0 Å². The molecule has 0 radical (unpaired) electrons. The van der Waals surface area contributed by atoms with E-state index in [1.165, 1.54) is 13.2 Å². The van der Waals surface area contributed by atoms with Crippen LogP contribution in [0.5, 0.6) is 0 Å². The molecule has 0 N–H and O–H groups in total. The highest BCUT2D eigenvalue weighted by atomic mass is 79.9. The van der Waals surface area contributed by atoms with E-state index in [2.05, 4.69) is 15.9 Å². The number of benzene rings is 2. The predicted octanol–water partition coefficient (Wildman–Crippen LogP) is 4.88. The molecule has 0 aromatic heterocycles. The number of carbonyl (C=O) groups is 3. The fourth-order valence-corrected chi connectivity index (χ4v) is 2.67. The van der Waals surface area contributed by atoms with Gasteiger partial charge in [-0.25, -0.2) is 14.4 Å². The molecule has 6 nitrogen and oxygen atoms in total. The van der Waals surface area contributed by atoms with Crippen LogP contribution in [0.2, 0.25) is 0 Å². The topological polar surface area (TPSA) is 78.9 Å². The second-order valence-corrected chi connectivity index (χ2v) is 8.26. The largest absolute Gasteiger partial charge is 0.466 e. The first kappa shape index (κ1) is 23.3. The van der Waals surface area contributed by atoms with Gasteiger partial charge in [-0.1, -0.05) is 40.2 Å². The molecule has 2 aromatic rings. The Morgan fingerprint density at radius 2 is 1.57 bits per heavy atom. The summed E-state index contributed by atoms with van der Waals surface area (Å²) in [5.41, 5.74) is 0.889. The summed E-state index contributed by atoms with van der Waals surface area (Å²) >= 11 is 3.32. The third-order valence-corrected chi connectivity index (χ3v) is 4.31. The molecule has 0 saturated carbocycles. The van der Waals surface area contributed by atoms with E-state index in [0.29, 0.717) is 11.1 Å². The van der Waals surface area contributed by atoms with Crippen LogP contribution >= 0.6 is 15.9 Å². The van der Waals surface area contributed by atoms with Crippen molar-refractivity contribution in [3.8, 4) is 0 Å². The van der Waals surface area contributed by atoms with Gasteiger partial charge in [-0.2, -0.15) is 0 Å². The summed E-state index contributed by atoms with van der Waals surface area (Å²) in [5, 5.41) is 0. The van der Waals surface area contributed by atoms with E-state index in [1.54, 1.807) is 75.4 Å². The fourth-order valence-electron chi connectivity index (χ4n) is 2.40. The monoisotopic (exact) mass is 474 g/mol. The maximum Gasteiger partial charge on any atom is 0.351 e. The maximum absolute atomic E-state index is 12.5. The van der Waals surface area contributed by atoms with Crippen LogP contribution in [-0.4, -0.2) is 30.6 Å². The van der Waals surface area contributed by atoms with Crippen molar-refractivity contribution in [1.82, 2.24) is 0 Å². The molecule has 0 aliphatic rings.